The lowest BCUT2D eigenvalue weighted by molar-refractivity contribution is 0.0697. The summed E-state index contributed by atoms with van der Waals surface area (Å²) >= 11 is 0. The number of aliphatic hydroxyl groups excluding tert-OH is 2. The van der Waals surface area contributed by atoms with Crippen molar-refractivity contribution in [2.24, 2.45) is 0 Å². The van der Waals surface area contributed by atoms with Gasteiger partial charge in [-0.25, -0.2) is 4.79 Å². The molecule has 5 nitrogen and oxygen atoms in total. The van der Waals surface area contributed by atoms with Crippen molar-refractivity contribution in [1.82, 2.24) is 0 Å². The Kier molecular flexibility index (Phi) is 4.48. The van der Waals surface area contributed by atoms with E-state index in [1.54, 1.807) is 12.1 Å². The maximum Gasteiger partial charge on any atom is 0.335 e. The predicted octanol–water partition coefficient (Wildman–Crippen LogP) is 0.930. The number of carboxylic acids is 1. The molecule has 94 valence electrons. The SMILES string of the molecule is CCC(CO)(CO)Nc1ccc(C(=O)O)cc1. The van der Waals surface area contributed by atoms with Crippen LogP contribution in [0.2, 0.25) is 0 Å². The van der Waals surface area contributed by atoms with Crippen molar-refractivity contribution in [3.05, 3.63) is 29.8 Å². The molecule has 17 heavy (non-hydrogen) atoms. The molecular formula is C12H17NO4. The molecule has 4 N–H and O–H groups in total. The van der Waals surface area contributed by atoms with Gasteiger partial charge in [-0.05, 0) is 30.7 Å². The summed E-state index contributed by atoms with van der Waals surface area (Å²) in [5, 5.41) is 30.3. The Bertz CT molecular complexity index is 362. The molecule has 0 unspecified atom stereocenters. The van der Waals surface area contributed by atoms with E-state index >= 15 is 0 Å². The first kappa shape index (κ1) is 13.5. The van der Waals surface area contributed by atoms with Crippen LogP contribution in [0.15, 0.2) is 24.3 Å². The largest absolute Gasteiger partial charge is 0.478 e. The second kappa shape index (κ2) is 5.65. The molecule has 0 aromatic heterocycles. The van der Waals surface area contributed by atoms with Crippen LogP contribution in [0.1, 0.15) is 23.7 Å². The summed E-state index contributed by atoms with van der Waals surface area (Å²) in [5.41, 5.74) is 0.0932. The van der Waals surface area contributed by atoms with Crippen LogP contribution in [0.25, 0.3) is 0 Å². The molecule has 0 saturated carbocycles. The fourth-order valence-corrected chi connectivity index (χ4v) is 1.44. The second-order valence-electron chi connectivity index (χ2n) is 3.96. The smallest absolute Gasteiger partial charge is 0.335 e. The zero-order chi connectivity index (χ0) is 12.9. The number of aliphatic hydroxyl groups is 2. The first-order valence-corrected chi connectivity index (χ1v) is 5.40. The van der Waals surface area contributed by atoms with E-state index in [1.165, 1.54) is 12.1 Å². The quantitative estimate of drug-likeness (QED) is 0.593. The Hall–Kier alpha value is -1.59. The standard InChI is InChI=1S/C12H17NO4/c1-2-12(7-14,8-15)13-10-5-3-9(4-6-10)11(16)17/h3-6,13-15H,2,7-8H2,1H3,(H,16,17). The zero-order valence-corrected chi connectivity index (χ0v) is 9.68. The van der Waals surface area contributed by atoms with Crippen LogP contribution in [-0.4, -0.2) is 40.0 Å². The fraction of sp³-hybridized carbons (Fsp3) is 0.417. The predicted molar refractivity (Wildman–Crippen MR) is 64.2 cm³/mol. The molecule has 0 radical (unpaired) electrons. The highest BCUT2D eigenvalue weighted by molar-refractivity contribution is 5.88. The van der Waals surface area contributed by atoms with Gasteiger partial charge in [-0.3, -0.25) is 0 Å². The number of carbonyl (C=O) groups is 1. The van der Waals surface area contributed by atoms with E-state index < -0.39 is 11.5 Å². The number of benzene rings is 1. The minimum Gasteiger partial charge on any atom is -0.478 e. The number of rotatable bonds is 6. The third-order valence-corrected chi connectivity index (χ3v) is 2.82. The lowest BCUT2D eigenvalue weighted by atomic mass is 9.98. The first-order valence-electron chi connectivity index (χ1n) is 5.40. The van der Waals surface area contributed by atoms with Gasteiger partial charge in [0, 0.05) is 5.69 Å². The number of anilines is 1. The Morgan fingerprint density at radius 2 is 1.76 bits per heavy atom. The van der Waals surface area contributed by atoms with Crippen molar-refractivity contribution in [1.29, 1.82) is 0 Å². The van der Waals surface area contributed by atoms with Gasteiger partial charge in [0.2, 0.25) is 0 Å². The van der Waals surface area contributed by atoms with Gasteiger partial charge in [-0.1, -0.05) is 6.92 Å². The monoisotopic (exact) mass is 239 g/mol. The molecule has 0 aliphatic carbocycles. The van der Waals surface area contributed by atoms with Gasteiger partial charge in [0.15, 0.2) is 0 Å². The highest BCUT2D eigenvalue weighted by Crippen LogP contribution is 2.18. The molecule has 0 fully saturated rings. The molecule has 0 bridgehead atoms. The minimum absolute atomic E-state index is 0.194. The number of carboxylic acid groups (broad SMARTS) is 1. The topological polar surface area (TPSA) is 89.8 Å². The van der Waals surface area contributed by atoms with Crippen LogP contribution in [0.3, 0.4) is 0 Å². The average Bonchev–Trinajstić information content (AvgIpc) is 2.37. The molecular weight excluding hydrogens is 222 g/mol. The lowest BCUT2D eigenvalue weighted by Gasteiger charge is -2.30. The van der Waals surface area contributed by atoms with Gasteiger partial charge in [0.05, 0.1) is 24.3 Å². The van der Waals surface area contributed by atoms with Gasteiger partial charge in [0.1, 0.15) is 0 Å². The molecule has 0 aliphatic heterocycles. The van der Waals surface area contributed by atoms with Crippen LogP contribution in [0.5, 0.6) is 0 Å². The highest BCUT2D eigenvalue weighted by Gasteiger charge is 2.26. The zero-order valence-electron chi connectivity index (χ0n) is 9.68. The molecule has 1 rings (SSSR count). The van der Waals surface area contributed by atoms with Crippen LogP contribution in [0.4, 0.5) is 5.69 Å². The number of aromatic carboxylic acids is 1. The second-order valence-corrected chi connectivity index (χ2v) is 3.96. The van der Waals surface area contributed by atoms with E-state index in [-0.39, 0.29) is 18.8 Å². The summed E-state index contributed by atoms with van der Waals surface area (Å²) in [6.45, 7) is 1.46. The van der Waals surface area contributed by atoms with E-state index in [0.717, 1.165) is 0 Å². The van der Waals surface area contributed by atoms with E-state index in [4.69, 9.17) is 5.11 Å². The van der Waals surface area contributed by atoms with Crippen molar-refractivity contribution in [3.63, 3.8) is 0 Å². The van der Waals surface area contributed by atoms with Crippen molar-refractivity contribution in [2.75, 3.05) is 18.5 Å². The average molecular weight is 239 g/mol. The molecule has 0 heterocycles. The molecule has 0 amide bonds. The molecule has 1 aromatic rings. The summed E-state index contributed by atoms with van der Waals surface area (Å²) in [7, 11) is 0. The molecule has 0 atom stereocenters. The van der Waals surface area contributed by atoms with Crippen LogP contribution < -0.4 is 5.32 Å². The molecule has 1 aromatic carbocycles. The Balaban J connectivity index is 2.84. The summed E-state index contributed by atoms with van der Waals surface area (Å²) in [6, 6.07) is 6.16. The van der Waals surface area contributed by atoms with Gasteiger partial charge in [-0.2, -0.15) is 0 Å². The van der Waals surface area contributed by atoms with Crippen molar-refractivity contribution < 1.29 is 20.1 Å². The summed E-state index contributed by atoms with van der Waals surface area (Å²) in [6.07, 6.45) is 0.556. The molecule has 0 saturated heterocycles. The maximum absolute atomic E-state index is 10.7. The Labute approximate surface area is 99.7 Å². The minimum atomic E-state index is -0.984. The Morgan fingerprint density at radius 1 is 1.24 bits per heavy atom. The van der Waals surface area contributed by atoms with Crippen LogP contribution >= 0.6 is 0 Å². The third-order valence-electron chi connectivity index (χ3n) is 2.82. The van der Waals surface area contributed by atoms with Gasteiger partial charge in [0.25, 0.3) is 0 Å². The van der Waals surface area contributed by atoms with E-state index in [9.17, 15) is 15.0 Å². The van der Waals surface area contributed by atoms with Crippen molar-refractivity contribution >= 4 is 11.7 Å². The molecule has 0 aliphatic rings. The number of hydrogen-bond acceptors (Lipinski definition) is 4. The number of hydrogen-bond donors (Lipinski definition) is 4. The number of nitrogens with one attached hydrogen (secondary N) is 1. The van der Waals surface area contributed by atoms with E-state index in [1.807, 2.05) is 6.92 Å². The van der Waals surface area contributed by atoms with E-state index in [0.29, 0.717) is 12.1 Å². The summed E-state index contributed by atoms with van der Waals surface area (Å²) < 4.78 is 0. The van der Waals surface area contributed by atoms with Gasteiger partial charge < -0.3 is 20.6 Å². The molecule has 0 spiro atoms. The Morgan fingerprint density at radius 3 is 2.12 bits per heavy atom. The van der Waals surface area contributed by atoms with E-state index in [2.05, 4.69) is 5.32 Å². The fourth-order valence-electron chi connectivity index (χ4n) is 1.44. The van der Waals surface area contributed by atoms with Crippen LogP contribution in [0, 0.1) is 0 Å². The summed E-state index contributed by atoms with van der Waals surface area (Å²) in [5.74, 6) is -0.984. The highest BCUT2D eigenvalue weighted by atomic mass is 16.4. The van der Waals surface area contributed by atoms with Crippen LogP contribution in [-0.2, 0) is 0 Å². The molecule has 5 heteroatoms. The normalized spacial score (nSPS) is 11.2. The maximum atomic E-state index is 10.7. The van der Waals surface area contributed by atoms with Crippen molar-refractivity contribution in [2.45, 2.75) is 18.9 Å². The van der Waals surface area contributed by atoms with Gasteiger partial charge in [-0.15, -0.1) is 0 Å². The first-order chi connectivity index (χ1) is 8.06. The van der Waals surface area contributed by atoms with Crippen molar-refractivity contribution in [3.8, 4) is 0 Å². The summed E-state index contributed by atoms with van der Waals surface area (Å²) in [4.78, 5) is 10.7. The third kappa shape index (κ3) is 3.18. The van der Waals surface area contributed by atoms with Gasteiger partial charge >= 0.3 is 5.97 Å². The lowest BCUT2D eigenvalue weighted by Crippen LogP contribution is -2.45.